The topological polar surface area (TPSA) is 43.8 Å². The Hall–Kier alpha value is -1.13. The highest BCUT2D eigenvalue weighted by atomic mass is 32.1. The molecule has 0 aliphatic rings. The van der Waals surface area contributed by atoms with E-state index in [4.69, 9.17) is 5.73 Å². The molecule has 0 aliphatic heterocycles. The molecule has 2 N–H and O–H groups in total. The van der Waals surface area contributed by atoms with E-state index in [1.807, 2.05) is 12.4 Å². The number of thiophene rings is 1. The Kier molecular flexibility index (Phi) is 3.18. The van der Waals surface area contributed by atoms with Crippen LogP contribution in [0.15, 0.2) is 23.8 Å². The Morgan fingerprint density at radius 3 is 3.07 bits per heavy atom. The molecule has 3 nitrogen and oxygen atoms in total. The van der Waals surface area contributed by atoms with Gasteiger partial charge in [-0.1, -0.05) is 6.92 Å². The highest BCUT2D eigenvalue weighted by Gasteiger charge is 2.07. The van der Waals surface area contributed by atoms with Crippen LogP contribution >= 0.6 is 11.3 Å². The summed E-state index contributed by atoms with van der Waals surface area (Å²) in [5.41, 5.74) is 6.78. The van der Waals surface area contributed by atoms with Gasteiger partial charge < -0.3 is 10.3 Å². The highest BCUT2D eigenvalue weighted by Crippen LogP contribution is 2.24. The first-order valence-electron chi connectivity index (χ1n) is 5.14. The summed E-state index contributed by atoms with van der Waals surface area (Å²) in [6.45, 7) is 3.80. The van der Waals surface area contributed by atoms with Gasteiger partial charge in [-0.15, -0.1) is 11.3 Å². The van der Waals surface area contributed by atoms with Gasteiger partial charge in [0.15, 0.2) is 0 Å². The molecule has 15 heavy (non-hydrogen) atoms. The number of aryl methyl sites for hydroxylation is 1. The number of hydrogen-bond acceptors (Lipinski definition) is 3. The molecule has 0 unspecified atom stereocenters. The summed E-state index contributed by atoms with van der Waals surface area (Å²) in [6, 6.07) is 2.12. The van der Waals surface area contributed by atoms with Crippen molar-refractivity contribution in [3.05, 3.63) is 28.7 Å². The van der Waals surface area contributed by atoms with Gasteiger partial charge in [0.2, 0.25) is 0 Å². The molecule has 0 atom stereocenters. The maximum atomic E-state index is 5.60. The van der Waals surface area contributed by atoms with Crippen LogP contribution in [0.25, 0.3) is 11.4 Å². The Morgan fingerprint density at radius 2 is 2.40 bits per heavy atom. The van der Waals surface area contributed by atoms with Crippen molar-refractivity contribution in [2.24, 2.45) is 5.73 Å². The second-order valence-electron chi connectivity index (χ2n) is 3.45. The van der Waals surface area contributed by atoms with E-state index in [-0.39, 0.29) is 0 Å². The first-order valence-corrected chi connectivity index (χ1v) is 6.02. The number of nitrogens with zero attached hydrogens (tertiary/aromatic N) is 2. The number of rotatable bonds is 4. The van der Waals surface area contributed by atoms with Gasteiger partial charge in [0, 0.05) is 41.3 Å². The predicted molar refractivity (Wildman–Crippen MR) is 63.7 cm³/mol. The monoisotopic (exact) mass is 221 g/mol. The lowest BCUT2D eigenvalue weighted by Crippen LogP contribution is -1.97. The molecule has 2 rings (SSSR count). The zero-order valence-electron chi connectivity index (χ0n) is 8.81. The Labute approximate surface area is 93.6 Å². The van der Waals surface area contributed by atoms with Gasteiger partial charge in [-0.25, -0.2) is 4.98 Å². The molecule has 2 aromatic heterocycles. The second kappa shape index (κ2) is 4.59. The summed E-state index contributed by atoms with van der Waals surface area (Å²) in [6.07, 6.45) is 5.00. The molecule has 0 fully saturated rings. The molecule has 0 amide bonds. The van der Waals surface area contributed by atoms with Crippen LogP contribution in [-0.4, -0.2) is 9.55 Å². The van der Waals surface area contributed by atoms with Crippen molar-refractivity contribution in [2.45, 2.75) is 26.4 Å². The standard InChI is InChI=1S/C11H15N3S/c1-2-4-14-5-3-13-11(14)9-6-10(7-12)15-8-9/h3,5-6,8H,2,4,7,12H2,1H3. The molecule has 0 bridgehead atoms. The Morgan fingerprint density at radius 1 is 1.53 bits per heavy atom. The van der Waals surface area contributed by atoms with Gasteiger partial charge >= 0.3 is 0 Å². The van der Waals surface area contributed by atoms with Gasteiger partial charge in [0.1, 0.15) is 5.82 Å². The lowest BCUT2D eigenvalue weighted by molar-refractivity contribution is 0.685. The van der Waals surface area contributed by atoms with Gasteiger partial charge in [0.05, 0.1) is 0 Å². The summed E-state index contributed by atoms with van der Waals surface area (Å²) in [7, 11) is 0. The SMILES string of the molecule is CCCn1ccnc1-c1csc(CN)c1. The average molecular weight is 221 g/mol. The van der Waals surface area contributed by atoms with Gasteiger partial charge in [-0.3, -0.25) is 0 Å². The predicted octanol–water partition coefficient (Wildman–Crippen LogP) is 2.48. The van der Waals surface area contributed by atoms with Crippen LogP contribution in [0, 0.1) is 0 Å². The largest absolute Gasteiger partial charge is 0.331 e. The van der Waals surface area contributed by atoms with Crippen LogP contribution in [0.2, 0.25) is 0 Å². The first-order chi connectivity index (χ1) is 7.35. The van der Waals surface area contributed by atoms with Crippen molar-refractivity contribution in [3.8, 4) is 11.4 Å². The second-order valence-corrected chi connectivity index (χ2v) is 4.45. The smallest absolute Gasteiger partial charge is 0.140 e. The molecule has 2 aromatic rings. The van der Waals surface area contributed by atoms with E-state index in [0.29, 0.717) is 6.54 Å². The summed E-state index contributed by atoms with van der Waals surface area (Å²) < 4.78 is 2.18. The third-order valence-corrected chi connectivity index (χ3v) is 3.25. The third-order valence-electron chi connectivity index (χ3n) is 2.29. The first kappa shape index (κ1) is 10.4. The normalized spacial score (nSPS) is 10.8. The maximum absolute atomic E-state index is 5.60. The van der Waals surface area contributed by atoms with E-state index >= 15 is 0 Å². The molecule has 0 saturated heterocycles. The van der Waals surface area contributed by atoms with Crippen molar-refractivity contribution in [1.29, 1.82) is 0 Å². The summed E-state index contributed by atoms with van der Waals surface area (Å²) in [4.78, 5) is 5.59. The number of imidazole rings is 1. The van der Waals surface area contributed by atoms with E-state index in [0.717, 1.165) is 18.8 Å². The van der Waals surface area contributed by atoms with Crippen molar-refractivity contribution in [1.82, 2.24) is 9.55 Å². The third kappa shape index (κ3) is 2.11. The lowest BCUT2D eigenvalue weighted by Gasteiger charge is -2.03. The highest BCUT2D eigenvalue weighted by molar-refractivity contribution is 7.10. The van der Waals surface area contributed by atoms with Crippen molar-refractivity contribution >= 4 is 11.3 Å². The fraction of sp³-hybridized carbons (Fsp3) is 0.364. The molecule has 4 heteroatoms. The summed E-state index contributed by atoms with van der Waals surface area (Å²) >= 11 is 1.70. The van der Waals surface area contributed by atoms with E-state index in [1.54, 1.807) is 11.3 Å². The quantitative estimate of drug-likeness (QED) is 0.862. The van der Waals surface area contributed by atoms with Crippen LogP contribution in [0.4, 0.5) is 0 Å². The molecular formula is C11H15N3S. The molecule has 0 aliphatic carbocycles. The fourth-order valence-corrected chi connectivity index (χ4v) is 2.34. The molecular weight excluding hydrogens is 206 g/mol. The van der Waals surface area contributed by atoms with Crippen molar-refractivity contribution < 1.29 is 0 Å². The molecule has 80 valence electrons. The number of hydrogen-bond donors (Lipinski definition) is 1. The van der Waals surface area contributed by atoms with Crippen LogP contribution in [0.5, 0.6) is 0 Å². The minimum atomic E-state index is 0.610. The maximum Gasteiger partial charge on any atom is 0.140 e. The van der Waals surface area contributed by atoms with Crippen LogP contribution in [0.1, 0.15) is 18.2 Å². The van der Waals surface area contributed by atoms with E-state index in [1.165, 1.54) is 10.4 Å². The van der Waals surface area contributed by atoms with Gasteiger partial charge in [-0.05, 0) is 12.5 Å². The fourth-order valence-electron chi connectivity index (χ4n) is 1.60. The van der Waals surface area contributed by atoms with Crippen molar-refractivity contribution in [3.63, 3.8) is 0 Å². The van der Waals surface area contributed by atoms with Crippen LogP contribution < -0.4 is 5.73 Å². The minimum Gasteiger partial charge on any atom is -0.331 e. The Bertz CT molecular complexity index is 430. The van der Waals surface area contributed by atoms with Crippen LogP contribution in [-0.2, 0) is 13.1 Å². The van der Waals surface area contributed by atoms with Crippen molar-refractivity contribution in [2.75, 3.05) is 0 Å². The number of aromatic nitrogens is 2. The van der Waals surface area contributed by atoms with E-state index < -0.39 is 0 Å². The molecule has 0 saturated carbocycles. The molecule has 0 radical (unpaired) electrons. The van der Waals surface area contributed by atoms with E-state index in [9.17, 15) is 0 Å². The zero-order chi connectivity index (χ0) is 10.7. The summed E-state index contributed by atoms with van der Waals surface area (Å²) in [5.74, 6) is 1.05. The molecule has 0 spiro atoms. The van der Waals surface area contributed by atoms with E-state index in [2.05, 4.69) is 27.9 Å². The Balaban J connectivity index is 2.31. The summed E-state index contributed by atoms with van der Waals surface area (Å²) in [5, 5.41) is 2.12. The average Bonchev–Trinajstić information content (AvgIpc) is 2.85. The van der Waals surface area contributed by atoms with Gasteiger partial charge in [-0.2, -0.15) is 0 Å². The molecule has 0 aromatic carbocycles. The zero-order valence-corrected chi connectivity index (χ0v) is 9.63. The molecule has 2 heterocycles. The lowest BCUT2D eigenvalue weighted by atomic mass is 10.3. The van der Waals surface area contributed by atoms with Crippen LogP contribution in [0.3, 0.4) is 0 Å². The minimum absolute atomic E-state index is 0.610. The number of nitrogens with two attached hydrogens (primary N) is 1. The van der Waals surface area contributed by atoms with Gasteiger partial charge in [0.25, 0.3) is 0 Å².